The minimum atomic E-state index is 0.247. The molecule has 0 radical (unpaired) electrons. The van der Waals surface area contributed by atoms with Gasteiger partial charge in [-0.05, 0) is 25.9 Å². The summed E-state index contributed by atoms with van der Waals surface area (Å²) < 4.78 is 5.42. The van der Waals surface area contributed by atoms with Gasteiger partial charge in [0.25, 0.3) is 0 Å². The summed E-state index contributed by atoms with van der Waals surface area (Å²) in [5.41, 5.74) is 0.649. The molecule has 100 valence electrons. The smallest absolute Gasteiger partial charge is 0.244 e. The van der Waals surface area contributed by atoms with Crippen LogP contribution in [0.15, 0.2) is 23.1 Å². The average Bonchev–Trinajstić information content (AvgIpc) is 2.98. The third kappa shape index (κ3) is 2.49. The molecule has 1 saturated heterocycles. The standard InChI is InChI=1S/C13H17N5O/c1-2-18-8-4-3-5-11(18)13-16-12(17-19-13)10-9-14-6-7-15-10/h6-7,9,11H,2-5,8H2,1H3/t11-/m1/s1. The van der Waals surface area contributed by atoms with Crippen LogP contribution < -0.4 is 0 Å². The molecule has 0 N–H and O–H groups in total. The number of hydrogen-bond acceptors (Lipinski definition) is 6. The van der Waals surface area contributed by atoms with Gasteiger partial charge in [0.1, 0.15) is 5.69 Å². The van der Waals surface area contributed by atoms with Crippen LogP contribution in [0.25, 0.3) is 11.5 Å². The van der Waals surface area contributed by atoms with E-state index in [9.17, 15) is 0 Å². The summed E-state index contributed by atoms with van der Waals surface area (Å²) >= 11 is 0. The second-order valence-electron chi connectivity index (χ2n) is 4.69. The predicted octanol–water partition coefficient (Wildman–Crippen LogP) is 2.07. The van der Waals surface area contributed by atoms with E-state index >= 15 is 0 Å². The summed E-state index contributed by atoms with van der Waals surface area (Å²) in [4.78, 5) is 15.1. The van der Waals surface area contributed by atoms with Gasteiger partial charge in [-0.1, -0.05) is 18.5 Å². The van der Waals surface area contributed by atoms with Gasteiger partial charge in [0, 0.05) is 12.4 Å². The molecule has 1 aliphatic heterocycles. The highest BCUT2D eigenvalue weighted by Gasteiger charge is 2.27. The minimum Gasteiger partial charge on any atom is -0.337 e. The van der Waals surface area contributed by atoms with Gasteiger partial charge < -0.3 is 4.52 Å². The molecular formula is C13H17N5O. The minimum absolute atomic E-state index is 0.247. The number of hydrogen-bond donors (Lipinski definition) is 0. The number of aromatic nitrogens is 4. The highest BCUT2D eigenvalue weighted by atomic mass is 16.5. The summed E-state index contributed by atoms with van der Waals surface area (Å²) in [6.07, 6.45) is 8.44. The van der Waals surface area contributed by atoms with Crippen LogP contribution >= 0.6 is 0 Å². The lowest BCUT2D eigenvalue weighted by Crippen LogP contribution is -2.33. The molecule has 0 aromatic carbocycles. The van der Waals surface area contributed by atoms with Gasteiger partial charge in [0.15, 0.2) is 0 Å². The largest absolute Gasteiger partial charge is 0.337 e. The van der Waals surface area contributed by atoms with Gasteiger partial charge in [0.05, 0.1) is 12.2 Å². The van der Waals surface area contributed by atoms with E-state index in [1.54, 1.807) is 18.6 Å². The second-order valence-corrected chi connectivity index (χ2v) is 4.69. The molecule has 1 aliphatic rings. The SMILES string of the molecule is CCN1CCCC[C@@H]1c1nc(-c2cnccn2)no1. The Kier molecular flexibility index (Phi) is 3.50. The second kappa shape index (κ2) is 5.44. The summed E-state index contributed by atoms with van der Waals surface area (Å²) in [7, 11) is 0. The number of nitrogens with zero attached hydrogens (tertiary/aromatic N) is 5. The molecule has 2 aromatic heterocycles. The summed E-state index contributed by atoms with van der Waals surface area (Å²) in [6, 6.07) is 0.247. The van der Waals surface area contributed by atoms with Crippen molar-refractivity contribution in [1.29, 1.82) is 0 Å². The monoisotopic (exact) mass is 259 g/mol. The van der Waals surface area contributed by atoms with Crippen LogP contribution in [-0.2, 0) is 0 Å². The zero-order valence-electron chi connectivity index (χ0n) is 11.0. The average molecular weight is 259 g/mol. The molecule has 0 spiro atoms. The summed E-state index contributed by atoms with van der Waals surface area (Å²) in [6.45, 7) is 4.27. The topological polar surface area (TPSA) is 67.9 Å². The Hall–Kier alpha value is -1.82. The third-order valence-corrected chi connectivity index (χ3v) is 3.54. The predicted molar refractivity (Wildman–Crippen MR) is 69.2 cm³/mol. The molecule has 19 heavy (non-hydrogen) atoms. The van der Waals surface area contributed by atoms with Crippen LogP contribution in [0.1, 0.15) is 38.1 Å². The Balaban J connectivity index is 1.84. The Morgan fingerprint density at radius 1 is 1.37 bits per heavy atom. The lowest BCUT2D eigenvalue weighted by atomic mass is 10.0. The molecule has 1 fully saturated rings. The number of piperidine rings is 1. The van der Waals surface area contributed by atoms with Crippen molar-refractivity contribution < 1.29 is 4.52 Å². The zero-order chi connectivity index (χ0) is 13.1. The van der Waals surface area contributed by atoms with E-state index in [0.717, 1.165) is 19.5 Å². The van der Waals surface area contributed by atoms with Crippen molar-refractivity contribution in [3.8, 4) is 11.5 Å². The van der Waals surface area contributed by atoms with Gasteiger partial charge in [0.2, 0.25) is 11.7 Å². The highest BCUT2D eigenvalue weighted by Crippen LogP contribution is 2.30. The zero-order valence-corrected chi connectivity index (χ0v) is 11.0. The third-order valence-electron chi connectivity index (χ3n) is 3.54. The van der Waals surface area contributed by atoms with Crippen molar-refractivity contribution >= 4 is 0 Å². The van der Waals surface area contributed by atoms with Crippen LogP contribution in [0, 0.1) is 0 Å². The van der Waals surface area contributed by atoms with Crippen molar-refractivity contribution in [2.75, 3.05) is 13.1 Å². The molecule has 6 heteroatoms. The highest BCUT2D eigenvalue weighted by molar-refractivity contribution is 5.45. The fourth-order valence-corrected chi connectivity index (χ4v) is 2.54. The van der Waals surface area contributed by atoms with Crippen LogP contribution in [0.3, 0.4) is 0 Å². The quantitative estimate of drug-likeness (QED) is 0.840. The van der Waals surface area contributed by atoms with Crippen LogP contribution in [0.4, 0.5) is 0 Å². The fraction of sp³-hybridized carbons (Fsp3) is 0.538. The van der Waals surface area contributed by atoms with Gasteiger partial charge in [-0.25, -0.2) is 4.98 Å². The maximum Gasteiger partial charge on any atom is 0.244 e. The lowest BCUT2D eigenvalue weighted by molar-refractivity contribution is 0.125. The van der Waals surface area contributed by atoms with Crippen molar-refractivity contribution in [2.45, 2.75) is 32.2 Å². The lowest BCUT2D eigenvalue weighted by Gasteiger charge is -2.32. The molecular weight excluding hydrogens is 242 g/mol. The fourth-order valence-electron chi connectivity index (χ4n) is 2.54. The summed E-state index contributed by atoms with van der Waals surface area (Å²) in [5, 5.41) is 4.02. The Labute approximate surface area is 111 Å². The van der Waals surface area contributed by atoms with Gasteiger partial charge in [-0.2, -0.15) is 4.98 Å². The number of likely N-dealkylation sites (tertiary alicyclic amines) is 1. The Morgan fingerprint density at radius 3 is 3.11 bits per heavy atom. The molecule has 0 unspecified atom stereocenters. The van der Waals surface area contributed by atoms with Gasteiger partial charge in [-0.15, -0.1) is 0 Å². The van der Waals surface area contributed by atoms with E-state index in [-0.39, 0.29) is 6.04 Å². The van der Waals surface area contributed by atoms with E-state index in [1.165, 1.54) is 12.8 Å². The van der Waals surface area contributed by atoms with E-state index in [4.69, 9.17) is 4.52 Å². The molecule has 6 nitrogen and oxygen atoms in total. The Morgan fingerprint density at radius 2 is 2.32 bits per heavy atom. The van der Waals surface area contributed by atoms with Crippen molar-refractivity contribution in [2.24, 2.45) is 0 Å². The van der Waals surface area contributed by atoms with Crippen molar-refractivity contribution in [3.63, 3.8) is 0 Å². The van der Waals surface area contributed by atoms with Gasteiger partial charge >= 0.3 is 0 Å². The molecule has 2 aromatic rings. The maximum absolute atomic E-state index is 5.42. The first kappa shape index (κ1) is 12.2. The van der Waals surface area contributed by atoms with E-state index in [1.807, 2.05) is 0 Å². The molecule has 0 bridgehead atoms. The first-order valence-corrected chi connectivity index (χ1v) is 6.72. The first-order chi connectivity index (χ1) is 9.38. The molecule has 0 aliphatic carbocycles. The Bertz CT molecular complexity index is 527. The molecule has 0 amide bonds. The van der Waals surface area contributed by atoms with E-state index in [0.29, 0.717) is 17.4 Å². The summed E-state index contributed by atoms with van der Waals surface area (Å²) in [5.74, 6) is 1.21. The van der Waals surface area contributed by atoms with Crippen LogP contribution in [0.2, 0.25) is 0 Å². The van der Waals surface area contributed by atoms with Gasteiger partial charge in [-0.3, -0.25) is 9.88 Å². The van der Waals surface area contributed by atoms with Crippen LogP contribution in [0.5, 0.6) is 0 Å². The molecule has 1 atom stereocenters. The van der Waals surface area contributed by atoms with Crippen molar-refractivity contribution in [1.82, 2.24) is 25.0 Å². The maximum atomic E-state index is 5.42. The number of rotatable bonds is 3. The normalized spacial score (nSPS) is 20.6. The molecule has 3 rings (SSSR count). The molecule has 3 heterocycles. The van der Waals surface area contributed by atoms with E-state index in [2.05, 4.69) is 31.9 Å². The molecule has 0 saturated carbocycles. The van der Waals surface area contributed by atoms with Crippen molar-refractivity contribution in [3.05, 3.63) is 24.5 Å². The van der Waals surface area contributed by atoms with Crippen LogP contribution in [-0.4, -0.2) is 38.1 Å². The van der Waals surface area contributed by atoms with E-state index < -0.39 is 0 Å². The first-order valence-electron chi connectivity index (χ1n) is 6.72.